The number of anilines is 2. The molecule has 1 aliphatic heterocycles. The molecule has 0 fully saturated rings. The zero-order valence-electron chi connectivity index (χ0n) is 8.50. The van der Waals surface area contributed by atoms with E-state index in [1.54, 1.807) is 12.1 Å². The Morgan fingerprint density at radius 1 is 1.25 bits per heavy atom. The van der Waals surface area contributed by atoms with Crippen LogP contribution in [0.25, 0.3) is 0 Å². The second kappa shape index (κ2) is 4.42. The predicted octanol–water partition coefficient (Wildman–Crippen LogP) is 1.72. The molecule has 4 nitrogen and oxygen atoms in total. The highest BCUT2D eigenvalue weighted by Crippen LogP contribution is 2.36. The van der Waals surface area contributed by atoms with Crippen LogP contribution in [0.1, 0.15) is 0 Å². The Kier molecular flexibility index (Phi) is 2.98. The molecule has 3 N–H and O–H groups in total. The molecule has 0 aromatic heterocycles. The number of benzene rings is 1. The average molecular weight is 230 g/mol. The molecule has 0 radical (unpaired) electrons. The summed E-state index contributed by atoms with van der Waals surface area (Å²) >= 11 is 0. The van der Waals surface area contributed by atoms with Crippen molar-refractivity contribution in [3.8, 4) is 11.5 Å². The fraction of sp³-hybridized carbons (Fsp3) is 0.400. The molecule has 0 aliphatic carbocycles. The van der Waals surface area contributed by atoms with Crippen LogP contribution in [-0.2, 0) is 0 Å². The van der Waals surface area contributed by atoms with Crippen LogP contribution in [0.2, 0.25) is 0 Å². The number of alkyl halides is 2. The van der Waals surface area contributed by atoms with Gasteiger partial charge >= 0.3 is 0 Å². The third-order valence-corrected chi connectivity index (χ3v) is 2.16. The zero-order chi connectivity index (χ0) is 11.5. The lowest BCUT2D eigenvalue weighted by Gasteiger charge is -2.20. The summed E-state index contributed by atoms with van der Waals surface area (Å²) < 4.78 is 34.7. The minimum atomic E-state index is -2.42. The first-order valence-electron chi connectivity index (χ1n) is 4.88. The second-order valence-corrected chi connectivity index (χ2v) is 3.36. The van der Waals surface area contributed by atoms with Crippen LogP contribution in [0.3, 0.4) is 0 Å². The molecule has 0 saturated carbocycles. The van der Waals surface area contributed by atoms with E-state index in [1.165, 1.54) is 0 Å². The van der Waals surface area contributed by atoms with E-state index in [-0.39, 0.29) is 0 Å². The van der Waals surface area contributed by atoms with E-state index in [0.29, 0.717) is 36.1 Å². The van der Waals surface area contributed by atoms with Gasteiger partial charge in [0.05, 0.1) is 17.9 Å². The van der Waals surface area contributed by atoms with Crippen LogP contribution in [-0.4, -0.2) is 26.2 Å². The molecule has 0 atom stereocenters. The fourth-order valence-corrected chi connectivity index (χ4v) is 1.44. The molecule has 88 valence electrons. The standard InChI is InChI=1S/C10H12F2N2O2/c11-10(12)5-14-7-4-9-8(3-6(7)13)15-1-2-16-9/h3-4,10,14H,1-2,5,13H2. The van der Waals surface area contributed by atoms with Crippen molar-refractivity contribution >= 4 is 11.4 Å². The van der Waals surface area contributed by atoms with Crippen LogP contribution in [0, 0.1) is 0 Å². The van der Waals surface area contributed by atoms with E-state index in [9.17, 15) is 8.78 Å². The van der Waals surface area contributed by atoms with Crippen molar-refractivity contribution in [2.75, 3.05) is 30.8 Å². The zero-order valence-corrected chi connectivity index (χ0v) is 8.50. The van der Waals surface area contributed by atoms with Crippen LogP contribution < -0.4 is 20.5 Å². The summed E-state index contributed by atoms with van der Waals surface area (Å²) in [7, 11) is 0. The van der Waals surface area contributed by atoms with Crippen molar-refractivity contribution < 1.29 is 18.3 Å². The number of rotatable bonds is 3. The van der Waals surface area contributed by atoms with Gasteiger partial charge in [0.25, 0.3) is 6.43 Å². The third-order valence-electron chi connectivity index (χ3n) is 2.16. The van der Waals surface area contributed by atoms with Gasteiger partial charge in [-0.1, -0.05) is 0 Å². The van der Waals surface area contributed by atoms with E-state index in [4.69, 9.17) is 15.2 Å². The molecule has 0 bridgehead atoms. The summed E-state index contributed by atoms with van der Waals surface area (Å²) in [6.07, 6.45) is -2.42. The molecule has 16 heavy (non-hydrogen) atoms. The minimum absolute atomic E-state index is 0.366. The smallest absolute Gasteiger partial charge is 0.255 e. The highest BCUT2D eigenvalue weighted by atomic mass is 19.3. The maximum Gasteiger partial charge on any atom is 0.255 e. The van der Waals surface area contributed by atoms with E-state index >= 15 is 0 Å². The topological polar surface area (TPSA) is 56.5 Å². The summed E-state index contributed by atoms with van der Waals surface area (Å²) in [6.45, 7) is 0.477. The highest BCUT2D eigenvalue weighted by Gasteiger charge is 2.15. The molecular weight excluding hydrogens is 218 g/mol. The van der Waals surface area contributed by atoms with E-state index in [2.05, 4.69) is 5.32 Å². The monoisotopic (exact) mass is 230 g/mol. The number of ether oxygens (including phenoxy) is 2. The number of hydrogen-bond donors (Lipinski definition) is 2. The van der Waals surface area contributed by atoms with Crippen LogP contribution in [0.4, 0.5) is 20.2 Å². The summed E-state index contributed by atoms with van der Waals surface area (Å²) in [5.74, 6) is 1.07. The molecule has 1 aromatic carbocycles. The van der Waals surface area contributed by atoms with Crippen LogP contribution >= 0.6 is 0 Å². The molecular formula is C10H12F2N2O2. The summed E-state index contributed by atoms with van der Waals surface area (Å²) in [4.78, 5) is 0. The fourth-order valence-electron chi connectivity index (χ4n) is 1.44. The van der Waals surface area contributed by atoms with Gasteiger partial charge in [-0.25, -0.2) is 8.78 Å². The van der Waals surface area contributed by atoms with Gasteiger partial charge in [-0.15, -0.1) is 0 Å². The van der Waals surface area contributed by atoms with Gasteiger partial charge in [-0.3, -0.25) is 0 Å². The summed E-state index contributed by atoms with van der Waals surface area (Å²) in [5, 5.41) is 2.55. The van der Waals surface area contributed by atoms with E-state index in [0.717, 1.165) is 0 Å². The van der Waals surface area contributed by atoms with Crippen molar-refractivity contribution in [1.29, 1.82) is 0 Å². The molecule has 2 rings (SSSR count). The quantitative estimate of drug-likeness (QED) is 0.776. The highest BCUT2D eigenvalue weighted by molar-refractivity contribution is 5.72. The number of hydrogen-bond acceptors (Lipinski definition) is 4. The maximum absolute atomic E-state index is 12.0. The van der Waals surface area contributed by atoms with Crippen molar-refractivity contribution in [3.63, 3.8) is 0 Å². The Hall–Kier alpha value is -1.72. The summed E-state index contributed by atoms with van der Waals surface area (Å²) in [5.41, 5.74) is 6.49. The minimum Gasteiger partial charge on any atom is -0.486 e. The summed E-state index contributed by atoms with van der Waals surface area (Å²) in [6, 6.07) is 3.15. The molecule has 0 spiro atoms. The third kappa shape index (κ3) is 2.26. The molecule has 0 unspecified atom stereocenters. The lowest BCUT2D eigenvalue weighted by atomic mass is 10.2. The number of nitrogen functional groups attached to an aromatic ring is 1. The van der Waals surface area contributed by atoms with Crippen molar-refractivity contribution in [3.05, 3.63) is 12.1 Å². The largest absolute Gasteiger partial charge is 0.486 e. The molecule has 1 aromatic rings. The lowest BCUT2D eigenvalue weighted by Crippen LogP contribution is -2.17. The number of fused-ring (bicyclic) bond motifs is 1. The molecule has 0 saturated heterocycles. The van der Waals surface area contributed by atoms with Gasteiger partial charge in [-0.2, -0.15) is 0 Å². The average Bonchev–Trinajstić information content (AvgIpc) is 2.26. The number of nitrogens with one attached hydrogen (secondary N) is 1. The predicted molar refractivity (Wildman–Crippen MR) is 56.3 cm³/mol. The first-order chi connectivity index (χ1) is 7.66. The Morgan fingerprint density at radius 2 is 1.88 bits per heavy atom. The Labute approximate surface area is 91.3 Å². The normalized spacial score (nSPS) is 13.9. The Balaban J connectivity index is 2.18. The Bertz CT molecular complexity index is 385. The second-order valence-electron chi connectivity index (χ2n) is 3.36. The van der Waals surface area contributed by atoms with Gasteiger partial charge in [0.2, 0.25) is 0 Å². The van der Waals surface area contributed by atoms with Crippen LogP contribution in [0.15, 0.2) is 12.1 Å². The number of halogens is 2. The lowest BCUT2D eigenvalue weighted by molar-refractivity contribution is 0.163. The van der Waals surface area contributed by atoms with E-state index < -0.39 is 13.0 Å². The molecule has 0 amide bonds. The SMILES string of the molecule is Nc1cc2c(cc1NCC(F)F)OCCO2. The Morgan fingerprint density at radius 3 is 2.50 bits per heavy atom. The first-order valence-corrected chi connectivity index (χ1v) is 4.88. The van der Waals surface area contributed by atoms with Crippen molar-refractivity contribution in [1.82, 2.24) is 0 Å². The van der Waals surface area contributed by atoms with Crippen molar-refractivity contribution in [2.45, 2.75) is 6.43 Å². The van der Waals surface area contributed by atoms with Gasteiger partial charge in [-0.05, 0) is 0 Å². The maximum atomic E-state index is 12.0. The van der Waals surface area contributed by atoms with Gasteiger partial charge in [0.15, 0.2) is 11.5 Å². The molecule has 6 heteroatoms. The molecule has 1 aliphatic rings. The number of nitrogens with two attached hydrogens (primary N) is 1. The van der Waals surface area contributed by atoms with Crippen LogP contribution in [0.5, 0.6) is 11.5 Å². The van der Waals surface area contributed by atoms with E-state index in [1.807, 2.05) is 0 Å². The molecule has 1 heterocycles. The van der Waals surface area contributed by atoms with Gasteiger partial charge in [0.1, 0.15) is 13.2 Å². The van der Waals surface area contributed by atoms with Crippen molar-refractivity contribution in [2.24, 2.45) is 0 Å². The van der Waals surface area contributed by atoms with Gasteiger partial charge < -0.3 is 20.5 Å². The first kappa shape index (κ1) is 10.8. The van der Waals surface area contributed by atoms with Gasteiger partial charge in [0, 0.05) is 12.1 Å².